The maximum Gasteiger partial charge on any atom is 0.240 e. The van der Waals surface area contributed by atoms with E-state index in [1.165, 1.54) is 25.7 Å². The third kappa shape index (κ3) is 6.18. The number of guanidine groups is 1. The molecule has 1 saturated carbocycles. The Morgan fingerprint density at radius 2 is 1.89 bits per heavy atom. The highest BCUT2D eigenvalue weighted by Gasteiger charge is 2.20. The van der Waals surface area contributed by atoms with E-state index in [4.69, 9.17) is 4.74 Å². The molecule has 3 N–H and O–H groups in total. The zero-order chi connectivity index (χ0) is 19.8. The van der Waals surface area contributed by atoms with E-state index in [-0.39, 0.29) is 11.0 Å². The van der Waals surface area contributed by atoms with Gasteiger partial charge >= 0.3 is 0 Å². The van der Waals surface area contributed by atoms with Crippen LogP contribution in [0.3, 0.4) is 0 Å². The van der Waals surface area contributed by atoms with Crippen LogP contribution in [-0.4, -0.2) is 46.2 Å². The van der Waals surface area contributed by atoms with Gasteiger partial charge in [-0.05, 0) is 50.3 Å². The molecular formula is C20H32N4O3S. The van der Waals surface area contributed by atoms with Gasteiger partial charge in [0.15, 0.2) is 5.96 Å². The summed E-state index contributed by atoms with van der Waals surface area (Å²) in [6.07, 6.45) is 6.81. The first-order chi connectivity index (χ1) is 13.6. The van der Waals surface area contributed by atoms with Crippen molar-refractivity contribution in [3.05, 3.63) is 29.8 Å². The van der Waals surface area contributed by atoms with Crippen LogP contribution in [-0.2, 0) is 21.3 Å². The van der Waals surface area contributed by atoms with Crippen LogP contribution < -0.4 is 15.4 Å². The van der Waals surface area contributed by atoms with Gasteiger partial charge in [0.2, 0.25) is 10.0 Å². The summed E-state index contributed by atoms with van der Waals surface area (Å²) in [4.78, 5) is 4.91. The first-order valence-electron chi connectivity index (χ1n) is 10.3. The van der Waals surface area contributed by atoms with Gasteiger partial charge < -0.3 is 15.4 Å². The van der Waals surface area contributed by atoms with E-state index in [1.54, 1.807) is 12.1 Å². The molecule has 156 valence electrons. The molecule has 8 heteroatoms. The second kappa shape index (κ2) is 10.2. The van der Waals surface area contributed by atoms with E-state index in [2.05, 4.69) is 27.3 Å². The van der Waals surface area contributed by atoms with Crippen molar-refractivity contribution in [2.45, 2.75) is 69.0 Å². The molecule has 1 atom stereocenters. The highest BCUT2D eigenvalue weighted by Crippen LogP contribution is 2.18. The van der Waals surface area contributed by atoms with Crippen LogP contribution in [0.2, 0.25) is 0 Å². The Morgan fingerprint density at radius 1 is 1.14 bits per heavy atom. The van der Waals surface area contributed by atoms with Crippen molar-refractivity contribution in [2.75, 3.05) is 19.7 Å². The molecule has 0 bridgehead atoms. The molecule has 3 rings (SSSR count). The van der Waals surface area contributed by atoms with Crippen LogP contribution in [0.5, 0.6) is 0 Å². The minimum atomic E-state index is -3.51. The summed E-state index contributed by atoms with van der Waals surface area (Å²) in [5, 5.41) is 6.77. The van der Waals surface area contributed by atoms with Gasteiger partial charge in [-0.2, -0.15) is 0 Å². The topological polar surface area (TPSA) is 91.8 Å². The summed E-state index contributed by atoms with van der Waals surface area (Å²) in [6, 6.07) is 7.42. The molecule has 7 nitrogen and oxygen atoms in total. The van der Waals surface area contributed by atoms with Crippen LogP contribution in [0, 0.1) is 0 Å². The van der Waals surface area contributed by atoms with Gasteiger partial charge in [0.25, 0.3) is 0 Å². The van der Waals surface area contributed by atoms with Gasteiger partial charge in [0.05, 0.1) is 17.5 Å². The number of rotatable bonds is 8. The normalized spacial score (nSPS) is 21.2. The Balaban J connectivity index is 1.56. The fourth-order valence-electron chi connectivity index (χ4n) is 3.62. The number of benzene rings is 1. The van der Waals surface area contributed by atoms with Crippen molar-refractivity contribution in [1.82, 2.24) is 15.4 Å². The standard InChI is InChI=1S/C20H32N4O3S/c1-2-21-20(24-17-6-3-4-7-17)22-14-16-9-11-19(12-10-16)28(25,26)23-15-18-8-5-13-27-18/h9-12,17-18,23H,2-8,13-15H2,1H3,(H2,21,22,24). The number of nitrogens with zero attached hydrogens (tertiary/aromatic N) is 1. The van der Waals surface area contributed by atoms with Crippen LogP contribution in [0.25, 0.3) is 0 Å². The van der Waals surface area contributed by atoms with Gasteiger partial charge in [-0.3, -0.25) is 0 Å². The number of nitrogens with one attached hydrogen (secondary N) is 3. The van der Waals surface area contributed by atoms with Gasteiger partial charge in [-0.25, -0.2) is 18.1 Å². The molecule has 28 heavy (non-hydrogen) atoms. The molecule has 0 aromatic heterocycles. The second-order valence-corrected chi connectivity index (χ2v) is 9.22. The zero-order valence-corrected chi connectivity index (χ0v) is 17.4. The number of ether oxygens (including phenoxy) is 1. The smallest absolute Gasteiger partial charge is 0.240 e. The zero-order valence-electron chi connectivity index (χ0n) is 16.6. The van der Waals surface area contributed by atoms with Gasteiger partial charge in [0.1, 0.15) is 0 Å². The number of aliphatic imine (C=N–C) groups is 1. The molecule has 1 unspecified atom stereocenters. The first kappa shape index (κ1) is 21.1. The number of hydrogen-bond donors (Lipinski definition) is 3. The molecule has 1 saturated heterocycles. The molecule has 0 spiro atoms. The van der Waals surface area contributed by atoms with Gasteiger partial charge in [0, 0.05) is 25.7 Å². The predicted octanol–water partition coefficient (Wildman–Crippen LogP) is 2.14. The third-order valence-electron chi connectivity index (χ3n) is 5.22. The summed E-state index contributed by atoms with van der Waals surface area (Å²) >= 11 is 0. The summed E-state index contributed by atoms with van der Waals surface area (Å²) in [7, 11) is -3.51. The minimum absolute atomic E-state index is 0.0137. The van der Waals surface area contributed by atoms with Crippen molar-refractivity contribution in [3.8, 4) is 0 Å². The number of sulfonamides is 1. The molecule has 2 aliphatic rings. The Hall–Kier alpha value is -1.64. The van der Waals surface area contributed by atoms with Crippen molar-refractivity contribution in [1.29, 1.82) is 0 Å². The molecule has 1 aromatic carbocycles. The fraction of sp³-hybridized carbons (Fsp3) is 0.650. The second-order valence-electron chi connectivity index (χ2n) is 7.45. The van der Waals surface area contributed by atoms with Crippen molar-refractivity contribution in [2.24, 2.45) is 4.99 Å². The monoisotopic (exact) mass is 408 g/mol. The van der Waals surface area contributed by atoms with Crippen molar-refractivity contribution < 1.29 is 13.2 Å². The SMILES string of the molecule is CCNC(=NCc1ccc(S(=O)(=O)NCC2CCCO2)cc1)NC1CCCC1. The lowest BCUT2D eigenvalue weighted by molar-refractivity contribution is 0.114. The highest BCUT2D eigenvalue weighted by molar-refractivity contribution is 7.89. The molecule has 2 fully saturated rings. The average molecular weight is 409 g/mol. The lowest BCUT2D eigenvalue weighted by Crippen LogP contribution is -2.42. The van der Waals surface area contributed by atoms with Crippen molar-refractivity contribution >= 4 is 16.0 Å². The van der Waals surface area contributed by atoms with E-state index >= 15 is 0 Å². The summed E-state index contributed by atoms with van der Waals surface area (Å²) in [6.45, 7) is 4.41. The minimum Gasteiger partial charge on any atom is -0.377 e. The molecular weight excluding hydrogens is 376 g/mol. The van der Waals surface area contributed by atoms with E-state index in [9.17, 15) is 8.42 Å². The van der Waals surface area contributed by atoms with E-state index in [0.29, 0.717) is 25.7 Å². The molecule has 1 aromatic rings. The van der Waals surface area contributed by atoms with E-state index < -0.39 is 10.0 Å². The molecule has 0 radical (unpaired) electrons. The maximum atomic E-state index is 12.4. The Morgan fingerprint density at radius 3 is 2.54 bits per heavy atom. The predicted molar refractivity (Wildman–Crippen MR) is 111 cm³/mol. The summed E-state index contributed by atoms with van der Waals surface area (Å²) in [5.74, 6) is 0.823. The van der Waals surface area contributed by atoms with E-state index in [0.717, 1.165) is 30.9 Å². The van der Waals surface area contributed by atoms with Crippen molar-refractivity contribution in [3.63, 3.8) is 0 Å². The lowest BCUT2D eigenvalue weighted by atomic mass is 10.2. The first-order valence-corrected chi connectivity index (χ1v) is 11.8. The quantitative estimate of drug-likeness (QED) is 0.453. The lowest BCUT2D eigenvalue weighted by Gasteiger charge is -2.16. The summed E-state index contributed by atoms with van der Waals surface area (Å²) in [5.41, 5.74) is 0.974. The third-order valence-corrected chi connectivity index (χ3v) is 6.66. The Kier molecular flexibility index (Phi) is 7.70. The largest absolute Gasteiger partial charge is 0.377 e. The Bertz CT molecular complexity index is 737. The highest BCUT2D eigenvalue weighted by atomic mass is 32.2. The maximum absolute atomic E-state index is 12.4. The van der Waals surface area contributed by atoms with Gasteiger partial charge in [-0.1, -0.05) is 25.0 Å². The van der Waals surface area contributed by atoms with Crippen LogP contribution in [0.4, 0.5) is 0 Å². The molecule has 1 aliphatic carbocycles. The molecule has 1 heterocycles. The number of hydrogen-bond acceptors (Lipinski definition) is 4. The fourth-order valence-corrected chi connectivity index (χ4v) is 4.69. The summed E-state index contributed by atoms with van der Waals surface area (Å²) < 4.78 is 33.0. The van der Waals surface area contributed by atoms with Crippen LogP contribution in [0.1, 0.15) is 51.0 Å². The molecule has 0 amide bonds. The Labute approximate surface area is 168 Å². The van der Waals surface area contributed by atoms with Crippen LogP contribution >= 0.6 is 0 Å². The van der Waals surface area contributed by atoms with E-state index in [1.807, 2.05) is 12.1 Å². The van der Waals surface area contributed by atoms with Crippen LogP contribution in [0.15, 0.2) is 34.2 Å². The average Bonchev–Trinajstić information content (AvgIpc) is 3.39. The molecule has 1 aliphatic heterocycles. The van der Waals surface area contributed by atoms with Gasteiger partial charge in [-0.15, -0.1) is 0 Å².